The smallest absolute Gasteiger partial charge is 0.328 e. The molecule has 0 aliphatic carbocycles. The predicted octanol–water partition coefficient (Wildman–Crippen LogP) is 2.43. The molecule has 4 heteroatoms. The fourth-order valence-corrected chi connectivity index (χ4v) is 1.47. The van der Waals surface area contributed by atoms with Gasteiger partial charge in [-0.05, 0) is 45.5 Å². The number of halogens is 1. The number of hydrogen-bond acceptors (Lipinski definition) is 3. The number of ether oxygens (including phenoxy) is 1. The number of carbonyl (C=O) groups is 1. The minimum atomic E-state index is -0.648. The highest BCUT2D eigenvalue weighted by atomic mass is 19.1. The Hall–Kier alpha value is -1.42. The Balaban J connectivity index is 2.88. The third kappa shape index (κ3) is 4.15. The molecule has 94 valence electrons. The highest BCUT2D eigenvalue weighted by Gasteiger charge is 2.25. The highest BCUT2D eigenvalue weighted by molar-refractivity contribution is 5.78. The maximum absolute atomic E-state index is 13.1. The summed E-state index contributed by atoms with van der Waals surface area (Å²) in [6.07, 6.45) is 0. The third-order valence-corrected chi connectivity index (χ3v) is 2.11. The second kappa shape index (κ2) is 5.27. The molecule has 3 nitrogen and oxygen atoms in total. The molecule has 1 aromatic rings. The second-order valence-electron chi connectivity index (χ2n) is 4.81. The summed E-state index contributed by atoms with van der Waals surface area (Å²) in [5, 5.41) is 2.83. The fourth-order valence-electron chi connectivity index (χ4n) is 1.47. The molecular weight excluding hydrogens is 221 g/mol. The fraction of sp³-hybridized carbons (Fsp3) is 0.462. The maximum atomic E-state index is 13.1. The van der Waals surface area contributed by atoms with Gasteiger partial charge in [0.25, 0.3) is 0 Å². The van der Waals surface area contributed by atoms with Gasteiger partial charge in [0.1, 0.15) is 17.5 Å². The van der Waals surface area contributed by atoms with Gasteiger partial charge in [0, 0.05) is 0 Å². The monoisotopic (exact) mass is 239 g/mol. The van der Waals surface area contributed by atoms with E-state index in [1.54, 1.807) is 40.0 Å². The molecule has 0 aliphatic heterocycles. The molecule has 0 spiro atoms. The van der Waals surface area contributed by atoms with Crippen LogP contribution >= 0.6 is 0 Å². The third-order valence-electron chi connectivity index (χ3n) is 2.11. The van der Waals surface area contributed by atoms with E-state index in [1.165, 1.54) is 12.1 Å². The topological polar surface area (TPSA) is 38.3 Å². The Morgan fingerprint density at radius 1 is 1.41 bits per heavy atom. The quantitative estimate of drug-likeness (QED) is 0.823. The first-order valence-electron chi connectivity index (χ1n) is 5.49. The molecule has 17 heavy (non-hydrogen) atoms. The average Bonchev–Trinajstić information content (AvgIpc) is 2.15. The van der Waals surface area contributed by atoms with Crippen LogP contribution in [0.5, 0.6) is 0 Å². The van der Waals surface area contributed by atoms with Gasteiger partial charge in [0.05, 0.1) is 0 Å². The number of nitrogens with one attached hydrogen (secondary N) is 1. The first-order chi connectivity index (χ1) is 7.83. The Bertz CT molecular complexity index is 399. The van der Waals surface area contributed by atoms with Crippen molar-refractivity contribution in [2.75, 3.05) is 7.05 Å². The Morgan fingerprint density at radius 2 is 2.06 bits per heavy atom. The van der Waals surface area contributed by atoms with Crippen LogP contribution in [0.15, 0.2) is 24.3 Å². The molecule has 0 saturated heterocycles. The zero-order valence-electron chi connectivity index (χ0n) is 10.6. The lowest BCUT2D eigenvalue weighted by molar-refractivity contribution is -0.157. The van der Waals surface area contributed by atoms with E-state index in [0.29, 0.717) is 5.56 Å². The van der Waals surface area contributed by atoms with E-state index in [2.05, 4.69) is 5.32 Å². The lowest BCUT2D eigenvalue weighted by Gasteiger charge is -2.23. The number of benzene rings is 1. The average molecular weight is 239 g/mol. The van der Waals surface area contributed by atoms with Crippen molar-refractivity contribution in [3.8, 4) is 0 Å². The van der Waals surface area contributed by atoms with Gasteiger partial charge in [0.15, 0.2) is 0 Å². The minimum absolute atomic E-state index is 0.369. The van der Waals surface area contributed by atoms with E-state index in [9.17, 15) is 9.18 Å². The predicted molar refractivity (Wildman–Crippen MR) is 64.0 cm³/mol. The van der Waals surface area contributed by atoms with Gasteiger partial charge in [-0.1, -0.05) is 12.1 Å². The van der Waals surface area contributed by atoms with Crippen LogP contribution in [0.2, 0.25) is 0 Å². The Kier molecular flexibility index (Phi) is 4.23. The van der Waals surface area contributed by atoms with E-state index < -0.39 is 17.6 Å². The molecule has 0 fully saturated rings. The second-order valence-corrected chi connectivity index (χ2v) is 4.81. The molecule has 0 saturated carbocycles. The van der Waals surface area contributed by atoms with Crippen molar-refractivity contribution in [2.45, 2.75) is 32.4 Å². The zero-order chi connectivity index (χ0) is 13.1. The van der Waals surface area contributed by atoms with Crippen molar-refractivity contribution in [2.24, 2.45) is 0 Å². The van der Waals surface area contributed by atoms with Crippen LogP contribution in [0, 0.1) is 5.82 Å². The lowest BCUT2D eigenvalue weighted by Crippen LogP contribution is -2.33. The summed E-state index contributed by atoms with van der Waals surface area (Å²) < 4.78 is 18.3. The molecule has 1 atom stereocenters. The van der Waals surface area contributed by atoms with Gasteiger partial charge in [-0.25, -0.2) is 9.18 Å². The van der Waals surface area contributed by atoms with E-state index in [4.69, 9.17) is 4.74 Å². The van der Waals surface area contributed by atoms with E-state index in [0.717, 1.165) is 0 Å². The lowest BCUT2D eigenvalue weighted by atomic mass is 10.1. The SMILES string of the molecule is CNC(C(=O)OC(C)(C)C)c1cccc(F)c1. The van der Waals surface area contributed by atoms with Crippen molar-refractivity contribution >= 4 is 5.97 Å². The van der Waals surface area contributed by atoms with Gasteiger partial charge in [-0.15, -0.1) is 0 Å². The molecular formula is C13H18FNO2. The molecule has 0 bridgehead atoms. The van der Waals surface area contributed by atoms with E-state index in [1.807, 2.05) is 0 Å². The van der Waals surface area contributed by atoms with E-state index >= 15 is 0 Å². The highest BCUT2D eigenvalue weighted by Crippen LogP contribution is 2.18. The molecule has 0 heterocycles. The summed E-state index contributed by atoms with van der Waals surface area (Å²) in [6.45, 7) is 5.38. The van der Waals surface area contributed by atoms with E-state index in [-0.39, 0.29) is 5.82 Å². The molecule has 0 radical (unpaired) electrons. The van der Waals surface area contributed by atoms with Crippen molar-refractivity contribution in [1.82, 2.24) is 5.32 Å². The number of likely N-dealkylation sites (N-methyl/N-ethyl adjacent to an activating group) is 1. The number of hydrogen-bond donors (Lipinski definition) is 1. The first kappa shape index (κ1) is 13.6. The zero-order valence-corrected chi connectivity index (χ0v) is 10.6. The van der Waals surface area contributed by atoms with Crippen LogP contribution in [0.3, 0.4) is 0 Å². The summed E-state index contributed by atoms with van der Waals surface area (Å²) in [7, 11) is 1.64. The number of carbonyl (C=O) groups excluding carboxylic acids is 1. The van der Waals surface area contributed by atoms with Crippen LogP contribution in [-0.4, -0.2) is 18.6 Å². The van der Waals surface area contributed by atoms with Crippen molar-refractivity contribution in [3.63, 3.8) is 0 Å². The Morgan fingerprint density at radius 3 is 2.53 bits per heavy atom. The standard InChI is InChI=1S/C13H18FNO2/c1-13(2,3)17-12(16)11(15-4)9-6-5-7-10(14)8-9/h5-8,11,15H,1-4H3. The number of rotatable bonds is 3. The van der Waals surface area contributed by atoms with Gasteiger partial charge in [-0.2, -0.15) is 0 Å². The normalized spacial score (nSPS) is 13.2. The maximum Gasteiger partial charge on any atom is 0.328 e. The van der Waals surface area contributed by atoms with Gasteiger partial charge in [-0.3, -0.25) is 0 Å². The largest absolute Gasteiger partial charge is 0.459 e. The van der Waals surface area contributed by atoms with Crippen molar-refractivity contribution in [3.05, 3.63) is 35.6 Å². The summed E-state index contributed by atoms with van der Waals surface area (Å²) in [5.41, 5.74) is 0.00113. The Labute approximate surface area is 101 Å². The van der Waals surface area contributed by atoms with Gasteiger partial charge in [0.2, 0.25) is 0 Å². The van der Waals surface area contributed by atoms with Crippen LogP contribution in [0.25, 0.3) is 0 Å². The summed E-state index contributed by atoms with van der Waals surface area (Å²) in [6, 6.07) is 5.27. The van der Waals surface area contributed by atoms with Crippen LogP contribution in [0.1, 0.15) is 32.4 Å². The van der Waals surface area contributed by atoms with Crippen LogP contribution in [0.4, 0.5) is 4.39 Å². The molecule has 0 aliphatic rings. The van der Waals surface area contributed by atoms with Crippen LogP contribution in [-0.2, 0) is 9.53 Å². The summed E-state index contributed by atoms with van der Waals surface area (Å²) >= 11 is 0. The molecule has 0 aromatic heterocycles. The van der Waals surface area contributed by atoms with Crippen molar-refractivity contribution in [1.29, 1.82) is 0 Å². The summed E-state index contributed by atoms with van der Waals surface area (Å²) in [5.74, 6) is -0.781. The molecule has 1 rings (SSSR count). The molecule has 1 N–H and O–H groups in total. The van der Waals surface area contributed by atoms with Crippen molar-refractivity contribution < 1.29 is 13.9 Å². The van der Waals surface area contributed by atoms with Crippen LogP contribution < -0.4 is 5.32 Å². The molecule has 0 amide bonds. The summed E-state index contributed by atoms with van der Waals surface area (Å²) in [4.78, 5) is 11.9. The minimum Gasteiger partial charge on any atom is -0.459 e. The first-order valence-corrected chi connectivity index (χ1v) is 5.49. The van der Waals surface area contributed by atoms with Gasteiger partial charge >= 0.3 is 5.97 Å². The molecule has 1 unspecified atom stereocenters. The molecule has 1 aromatic carbocycles. The number of esters is 1. The van der Waals surface area contributed by atoms with Gasteiger partial charge < -0.3 is 10.1 Å².